The highest BCUT2D eigenvalue weighted by Crippen LogP contribution is 2.19. The van der Waals surface area contributed by atoms with Gasteiger partial charge in [-0.05, 0) is 58.6 Å². The zero-order chi connectivity index (χ0) is 12.3. The average Bonchev–Trinajstić information content (AvgIpc) is 2.38. The van der Waals surface area contributed by atoms with Gasteiger partial charge in [-0.25, -0.2) is 4.98 Å². The minimum atomic E-state index is 0.844. The summed E-state index contributed by atoms with van der Waals surface area (Å²) < 4.78 is 0.844. The smallest absolute Gasteiger partial charge is 0.106 e. The molecule has 3 heteroatoms. The molecule has 0 aliphatic heterocycles. The summed E-state index contributed by atoms with van der Waals surface area (Å²) in [4.78, 5) is 9.08. The van der Waals surface area contributed by atoms with E-state index in [4.69, 9.17) is 0 Å². The molecule has 0 aliphatic carbocycles. The Labute approximate surface area is 110 Å². The molecule has 0 aromatic carbocycles. The van der Waals surface area contributed by atoms with Gasteiger partial charge in [0.25, 0.3) is 0 Å². The monoisotopic (exact) mass is 290 g/mol. The van der Waals surface area contributed by atoms with Crippen molar-refractivity contribution in [3.8, 4) is 11.4 Å². The number of aryl methyl sites for hydroxylation is 2. The molecule has 2 heterocycles. The van der Waals surface area contributed by atoms with E-state index in [-0.39, 0.29) is 0 Å². The van der Waals surface area contributed by atoms with Gasteiger partial charge in [0, 0.05) is 5.69 Å². The molecule has 0 atom stereocenters. The summed E-state index contributed by atoms with van der Waals surface area (Å²) in [6.07, 6.45) is 1.98. The van der Waals surface area contributed by atoms with Gasteiger partial charge in [-0.1, -0.05) is 19.9 Å². The van der Waals surface area contributed by atoms with Gasteiger partial charge in [0.15, 0.2) is 0 Å². The Balaban J connectivity index is 2.50. The van der Waals surface area contributed by atoms with Crippen LogP contribution < -0.4 is 0 Å². The molecule has 2 rings (SSSR count). The van der Waals surface area contributed by atoms with Crippen LogP contribution in [0, 0.1) is 0 Å². The molecular weight excluding hydrogens is 276 g/mol. The van der Waals surface area contributed by atoms with E-state index in [1.807, 2.05) is 18.2 Å². The number of nitrogens with zero attached hydrogens (tertiary/aromatic N) is 2. The second-order valence-corrected chi connectivity index (χ2v) is 4.72. The fourth-order valence-corrected chi connectivity index (χ4v) is 2.06. The SMILES string of the molecule is CCc1cc(CC)nc(-c2cccc(Br)n2)c1. The van der Waals surface area contributed by atoms with E-state index >= 15 is 0 Å². The van der Waals surface area contributed by atoms with E-state index in [2.05, 4.69) is 51.9 Å². The van der Waals surface area contributed by atoms with Crippen LogP contribution in [-0.2, 0) is 12.8 Å². The third-order valence-corrected chi connectivity index (χ3v) is 3.13. The van der Waals surface area contributed by atoms with E-state index in [9.17, 15) is 0 Å². The molecule has 0 saturated carbocycles. The molecule has 2 aromatic rings. The minimum absolute atomic E-state index is 0.844. The molecule has 2 nitrogen and oxygen atoms in total. The van der Waals surface area contributed by atoms with Crippen LogP contribution in [0.15, 0.2) is 34.9 Å². The van der Waals surface area contributed by atoms with Crippen molar-refractivity contribution >= 4 is 15.9 Å². The van der Waals surface area contributed by atoms with Gasteiger partial charge in [0.1, 0.15) is 4.60 Å². The zero-order valence-corrected chi connectivity index (χ0v) is 11.7. The normalized spacial score (nSPS) is 10.5. The fraction of sp³-hybridized carbons (Fsp3) is 0.286. The van der Waals surface area contributed by atoms with E-state index in [1.165, 1.54) is 5.56 Å². The first-order valence-electron chi connectivity index (χ1n) is 5.85. The molecule has 0 fully saturated rings. The Hall–Kier alpha value is -1.22. The van der Waals surface area contributed by atoms with Crippen LogP contribution in [0.25, 0.3) is 11.4 Å². The van der Waals surface area contributed by atoms with E-state index in [0.717, 1.165) is 34.5 Å². The van der Waals surface area contributed by atoms with Crippen LogP contribution in [-0.4, -0.2) is 9.97 Å². The molecule has 0 bridgehead atoms. The van der Waals surface area contributed by atoms with Gasteiger partial charge in [-0.3, -0.25) is 4.98 Å². The predicted octanol–water partition coefficient (Wildman–Crippen LogP) is 4.03. The Morgan fingerprint density at radius 3 is 2.47 bits per heavy atom. The summed E-state index contributed by atoms with van der Waals surface area (Å²) in [5.41, 5.74) is 4.32. The maximum Gasteiger partial charge on any atom is 0.106 e. The topological polar surface area (TPSA) is 25.8 Å². The third-order valence-electron chi connectivity index (χ3n) is 2.69. The number of hydrogen-bond donors (Lipinski definition) is 0. The van der Waals surface area contributed by atoms with Crippen LogP contribution in [0.4, 0.5) is 0 Å². The van der Waals surface area contributed by atoms with Crippen molar-refractivity contribution in [1.82, 2.24) is 9.97 Å². The first-order chi connectivity index (χ1) is 8.22. The number of rotatable bonds is 3. The molecule has 0 radical (unpaired) electrons. The Kier molecular flexibility index (Phi) is 3.89. The molecule has 0 saturated heterocycles. The first kappa shape index (κ1) is 12.2. The highest BCUT2D eigenvalue weighted by atomic mass is 79.9. The van der Waals surface area contributed by atoms with Gasteiger partial charge in [-0.15, -0.1) is 0 Å². The van der Waals surface area contributed by atoms with Gasteiger partial charge in [0.2, 0.25) is 0 Å². The molecular formula is C14H15BrN2. The molecule has 0 N–H and O–H groups in total. The van der Waals surface area contributed by atoms with Crippen molar-refractivity contribution in [1.29, 1.82) is 0 Å². The van der Waals surface area contributed by atoms with Crippen LogP contribution in [0.3, 0.4) is 0 Å². The standard InChI is InChI=1S/C14H15BrN2/c1-3-10-8-11(4-2)16-13(9-10)12-6-5-7-14(15)17-12/h5-9H,3-4H2,1-2H3. The molecule has 0 aliphatic rings. The molecule has 17 heavy (non-hydrogen) atoms. The van der Waals surface area contributed by atoms with Crippen molar-refractivity contribution in [3.05, 3.63) is 46.2 Å². The van der Waals surface area contributed by atoms with Crippen molar-refractivity contribution in [2.75, 3.05) is 0 Å². The maximum atomic E-state index is 4.63. The Morgan fingerprint density at radius 1 is 1.00 bits per heavy atom. The molecule has 2 aromatic heterocycles. The van der Waals surface area contributed by atoms with E-state index < -0.39 is 0 Å². The zero-order valence-electron chi connectivity index (χ0n) is 10.1. The Bertz CT molecular complexity index is 501. The third kappa shape index (κ3) is 2.91. The highest BCUT2D eigenvalue weighted by Gasteiger charge is 2.05. The number of halogens is 1. The predicted molar refractivity (Wildman–Crippen MR) is 73.9 cm³/mol. The second-order valence-electron chi connectivity index (χ2n) is 3.90. The molecule has 88 valence electrons. The molecule has 0 unspecified atom stereocenters. The number of pyridine rings is 2. The van der Waals surface area contributed by atoms with E-state index in [0.29, 0.717) is 0 Å². The summed E-state index contributed by atoms with van der Waals surface area (Å²) in [5.74, 6) is 0. The highest BCUT2D eigenvalue weighted by molar-refractivity contribution is 9.10. The summed E-state index contributed by atoms with van der Waals surface area (Å²) in [5, 5.41) is 0. The average molecular weight is 291 g/mol. The van der Waals surface area contributed by atoms with Crippen LogP contribution >= 0.6 is 15.9 Å². The number of aromatic nitrogens is 2. The van der Waals surface area contributed by atoms with Gasteiger partial charge >= 0.3 is 0 Å². The lowest BCUT2D eigenvalue weighted by molar-refractivity contribution is 1.00. The van der Waals surface area contributed by atoms with Crippen LogP contribution in [0.1, 0.15) is 25.1 Å². The molecule has 0 spiro atoms. The summed E-state index contributed by atoms with van der Waals surface area (Å²) in [6, 6.07) is 10.2. The first-order valence-corrected chi connectivity index (χ1v) is 6.65. The van der Waals surface area contributed by atoms with Crippen molar-refractivity contribution in [2.24, 2.45) is 0 Å². The van der Waals surface area contributed by atoms with Crippen molar-refractivity contribution in [3.63, 3.8) is 0 Å². The van der Waals surface area contributed by atoms with Crippen LogP contribution in [0.5, 0.6) is 0 Å². The lowest BCUT2D eigenvalue weighted by Crippen LogP contribution is -1.95. The summed E-state index contributed by atoms with van der Waals surface area (Å²) >= 11 is 3.39. The fourth-order valence-electron chi connectivity index (χ4n) is 1.72. The van der Waals surface area contributed by atoms with Gasteiger partial charge in [-0.2, -0.15) is 0 Å². The number of hydrogen-bond acceptors (Lipinski definition) is 2. The largest absolute Gasteiger partial charge is 0.251 e. The summed E-state index contributed by atoms with van der Waals surface area (Å²) in [7, 11) is 0. The van der Waals surface area contributed by atoms with Gasteiger partial charge < -0.3 is 0 Å². The van der Waals surface area contributed by atoms with Crippen molar-refractivity contribution in [2.45, 2.75) is 26.7 Å². The Morgan fingerprint density at radius 2 is 1.82 bits per heavy atom. The van der Waals surface area contributed by atoms with Crippen LogP contribution in [0.2, 0.25) is 0 Å². The quantitative estimate of drug-likeness (QED) is 0.798. The second kappa shape index (κ2) is 5.41. The van der Waals surface area contributed by atoms with Gasteiger partial charge in [0.05, 0.1) is 11.4 Å². The maximum absolute atomic E-state index is 4.63. The summed E-state index contributed by atoms with van der Waals surface area (Å²) in [6.45, 7) is 4.28. The van der Waals surface area contributed by atoms with Crippen molar-refractivity contribution < 1.29 is 0 Å². The lowest BCUT2D eigenvalue weighted by atomic mass is 10.1. The lowest BCUT2D eigenvalue weighted by Gasteiger charge is -2.06. The van der Waals surface area contributed by atoms with E-state index in [1.54, 1.807) is 0 Å². The molecule has 0 amide bonds. The minimum Gasteiger partial charge on any atom is -0.251 e.